The van der Waals surface area contributed by atoms with E-state index in [4.69, 9.17) is 9.05 Å². The second kappa shape index (κ2) is 41.6. The molecule has 0 aliphatic carbocycles. The number of unbranched alkanes of at least 4 members (excludes halogenated alkanes) is 33. The lowest BCUT2D eigenvalue weighted by atomic mass is 10.0. The van der Waals surface area contributed by atoms with Crippen LogP contribution < -0.4 is 5.32 Å². The van der Waals surface area contributed by atoms with E-state index in [1.807, 2.05) is 27.2 Å². The number of carbonyl (C=O) groups excluding carboxylic acids is 1. The summed E-state index contributed by atoms with van der Waals surface area (Å²) in [6, 6.07) is -0.839. The molecule has 9 heteroatoms. The fourth-order valence-electron chi connectivity index (χ4n) is 7.51. The second-order valence-electron chi connectivity index (χ2n) is 18.6. The van der Waals surface area contributed by atoms with Crippen molar-refractivity contribution in [3.8, 4) is 0 Å². The SMILES string of the molecule is CCCCCCCCCCC/C=C/[C@@H](O)[C@H](COP(=O)(O)OCC[N+](C)(C)C)NC(=O)CCCCCCCCCCCCCCCCCCCCCCCCCCC. The van der Waals surface area contributed by atoms with Crippen molar-refractivity contribution >= 4 is 13.7 Å². The molecule has 1 unspecified atom stereocenters. The number of phosphoric acid groups is 1. The van der Waals surface area contributed by atoms with Crippen LogP contribution in [0.4, 0.5) is 0 Å². The lowest BCUT2D eigenvalue weighted by Gasteiger charge is -2.25. The molecule has 3 N–H and O–H groups in total. The molecule has 0 spiro atoms. The highest BCUT2D eigenvalue weighted by Gasteiger charge is 2.27. The molecule has 0 fully saturated rings. The molecule has 0 heterocycles. The molecular formula is C49H100N2O6P+. The number of quaternary nitrogens is 1. The van der Waals surface area contributed by atoms with Crippen molar-refractivity contribution in [1.29, 1.82) is 0 Å². The van der Waals surface area contributed by atoms with Gasteiger partial charge in [0.15, 0.2) is 0 Å². The maximum Gasteiger partial charge on any atom is 0.472 e. The van der Waals surface area contributed by atoms with Crippen molar-refractivity contribution < 1.29 is 32.9 Å². The Morgan fingerprint density at radius 3 is 1.28 bits per heavy atom. The molecule has 1 amide bonds. The van der Waals surface area contributed by atoms with Crippen LogP contribution in [0.1, 0.15) is 245 Å². The number of allylic oxidation sites excluding steroid dienone is 1. The van der Waals surface area contributed by atoms with Gasteiger partial charge in [-0.05, 0) is 19.3 Å². The molecule has 8 nitrogen and oxygen atoms in total. The first-order chi connectivity index (χ1) is 28.0. The molecule has 0 saturated heterocycles. The molecule has 0 bridgehead atoms. The maximum atomic E-state index is 12.9. The number of hydrogen-bond donors (Lipinski definition) is 3. The van der Waals surface area contributed by atoms with Crippen LogP contribution >= 0.6 is 7.82 Å². The van der Waals surface area contributed by atoms with Gasteiger partial charge in [0.2, 0.25) is 5.91 Å². The molecule has 0 aliphatic rings. The smallest absolute Gasteiger partial charge is 0.387 e. The zero-order valence-electron chi connectivity index (χ0n) is 39.3. The summed E-state index contributed by atoms with van der Waals surface area (Å²) in [6.45, 7) is 4.83. The van der Waals surface area contributed by atoms with Crippen molar-refractivity contribution in [1.82, 2.24) is 5.32 Å². The predicted octanol–water partition coefficient (Wildman–Crippen LogP) is 14.3. The summed E-state index contributed by atoms with van der Waals surface area (Å²) in [4.78, 5) is 23.1. The number of nitrogens with one attached hydrogen (secondary N) is 1. The molecule has 3 atom stereocenters. The fraction of sp³-hybridized carbons (Fsp3) is 0.939. The van der Waals surface area contributed by atoms with E-state index in [9.17, 15) is 19.4 Å². The van der Waals surface area contributed by atoms with Gasteiger partial charge < -0.3 is 19.8 Å². The minimum atomic E-state index is -4.33. The lowest BCUT2D eigenvalue weighted by molar-refractivity contribution is -0.870. The van der Waals surface area contributed by atoms with Crippen LogP contribution in [-0.4, -0.2) is 73.4 Å². The van der Waals surface area contributed by atoms with Crippen LogP contribution in [0.3, 0.4) is 0 Å². The third kappa shape index (κ3) is 43.3. The van der Waals surface area contributed by atoms with E-state index in [2.05, 4.69) is 19.2 Å². The highest BCUT2D eigenvalue weighted by Crippen LogP contribution is 2.43. The Morgan fingerprint density at radius 1 is 0.569 bits per heavy atom. The molecule has 58 heavy (non-hydrogen) atoms. The zero-order valence-corrected chi connectivity index (χ0v) is 40.2. The van der Waals surface area contributed by atoms with E-state index in [1.54, 1.807) is 6.08 Å². The first-order valence-electron chi connectivity index (χ1n) is 25.1. The van der Waals surface area contributed by atoms with E-state index in [0.29, 0.717) is 17.4 Å². The first kappa shape index (κ1) is 57.2. The first-order valence-corrected chi connectivity index (χ1v) is 26.6. The lowest BCUT2D eigenvalue weighted by Crippen LogP contribution is -2.45. The number of amides is 1. The normalized spacial score (nSPS) is 14.3. The van der Waals surface area contributed by atoms with Crippen molar-refractivity contribution in [2.45, 2.75) is 257 Å². The molecule has 0 aromatic rings. The fourth-order valence-corrected chi connectivity index (χ4v) is 8.25. The van der Waals surface area contributed by atoms with Gasteiger partial charge in [0.1, 0.15) is 13.2 Å². The summed E-state index contributed by atoms with van der Waals surface area (Å²) < 4.78 is 23.6. The van der Waals surface area contributed by atoms with Crippen LogP contribution in [0, 0.1) is 0 Å². The maximum absolute atomic E-state index is 12.9. The zero-order chi connectivity index (χ0) is 42.8. The van der Waals surface area contributed by atoms with Crippen LogP contribution in [-0.2, 0) is 18.4 Å². The number of carbonyl (C=O) groups is 1. The van der Waals surface area contributed by atoms with E-state index in [-0.39, 0.29) is 19.1 Å². The van der Waals surface area contributed by atoms with Crippen LogP contribution in [0.5, 0.6) is 0 Å². The molecular weight excluding hydrogens is 744 g/mol. The molecule has 0 aromatic carbocycles. The Balaban J connectivity index is 4.12. The number of likely N-dealkylation sites (N-methyl/N-ethyl adjacent to an activating group) is 1. The van der Waals surface area contributed by atoms with Gasteiger partial charge in [0, 0.05) is 6.42 Å². The Labute approximate surface area is 361 Å². The average Bonchev–Trinajstić information content (AvgIpc) is 3.17. The summed E-state index contributed by atoms with van der Waals surface area (Å²) in [5.74, 6) is -0.173. The van der Waals surface area contributed by atoms with Crippen molar-refractivity contribution in [3.05, 3.63) is 12.2 Å². The van der Waals surface area contributed by atoms with E-state index in [0.717, 1.165) is 38.5 Å². The van der Waals surface area contributed by atoms with Gasteiger partial charge in [-0.15, -0.1) is 0 Å². The summed E-state index contributed by atoms with van der Waals surface area (Å²) in [5.41, 5.74) is 0. The molecule has 0 rings (SSSR count). The quantitative estimate of drug-likeness (QED) is 0.0244. The standard InChI is InChI=1S/C49H99N2O6P/c1-6-8-10-12-14-16-18-19-20-21-22-23-24-25-26-27-28-29-30-31-33-35-37-39-41-43-49(53)50-47(46-57-58(54,55)56-45-44-51(3,4)5)48(52)42-40-38-36-34-32-17-15-13-11-9-7-2/h40,42,47-48,52H,6-39,41,43-46H2,1-5H3,(H-,50,53,54,55)/p+1/b42-40+/t47-,48+/m0/s1. The van der Waals surface area contributed by atoms with Crippen molar-refractivity contribution in [2.75, 3.05) is 40.9 Å². The monoisotopic (exact) mass is 844 g/mol. The Bertz CT molecular complexity index is 958. The minimum absolute atomic E-state index is 0.0646. The summed E-state index contributed by atoms with van der Waals surface area (Å²) in [5, 5.41) is 13.8. The summed E-state index contributed by atoms with van der Waals surface area (Å²) >= 11 is 0. The van der Waals surface area contributed by atoms with Crippen LogP contribution in [0.25, 0.3) is 0 Å². The van der Waals surface area contributed by atoms with Crippen LogP contribution in [0.15, 0.2) is 12.2 Å². The van der Waals surface area contributed by atoms with Crippen molar-refractivity contribution in [3.63, 3.8) is 0 Å². The molecule has 0 radical (unpaired) electrons. The summed E-state index contributed by atoms with van der Waals surface area (Å²) in [7, 11) is 1.58. The van der Waals surface area contributed by atoms with Gasteiger partial charge in [-0.2, -0.15) is 0 Å². The summed E-state index contributed by atoms with van der Waals surface area (Å²) in [6.07, 6.45) is 48.7. The second-order valence-corrected chi connectivity index (χ2v) is 20.0. The van der Waals surface area contributed by atoms with Gasteiger partial charge in [-0.3, -0.25) is 13.8 Å². The van der Waals surface area contributed by atoms with Gasteiger partial charge in [0.05, 0.1) is 39.9 Å². The minimum Gasteiger partial charge on any atom is -0.387 e. The topological polar surface area (TPSA) is 105 Å². The van der Waals surface area contributed by atoms with Gasteiger partial charge in [-0.1, -0.05) is 231 Å². The van der Waals surface area contributed by atoms with E-state index in [1.165, 1.54) is 186 Å². The molecule has 346 valence electrons. The van der Waals surface area contributed by atoms with Crippen LogP contribution in [0.2, 0.25) is 0 Å². The molecule has 0 aliphatic heterocycles. The number of aliphatic hydroxyl groups is 1. The number of phosphoric ester groups is 1. The number of hydrogen-bond acceptors (Lipinski definition) is 5. The largest absolute Gasteiger partial charge is 0.472 e. The van der Waals surface area contributed by atoms with E-state index >= 15 is 0 Å². The third-order valence-corrected chi connectivity index (χ3v) is 12.5. The number of nitrogens with zero attached hydrogens (tertiary/aromatic N) is 1. The van der Waals surface area contributed by atoms with Crippen molar-refractivity contribution in [2.24, 2.45) is 0 Å². The third-order valence-electron chi connectivity index (χ3n) is 11.5. The van der Waals surface area contributed by atoms with E-state index < -0.39 is 20.0 Å². The Morgan fingerprint density at radius 2 is 0.914 bits per heavy atom. The highest BCUT2D eigenvalue weighted by molar-refractivity contribution is 7.47. The molecule has 0 saturated carbocycles. The Hall–Kier alpha value is -0.760. The highest BCUT2D eigenvalue weighted by atomic mass is 31.2. The predicted molar refractivity (Wildman–Crippen MR) is 249 cm³/mol. The number of rotatable bonds is 46. The number of aliphatic hydroxyl groups excluding tert-OH is 1. The molecule has 0 aromatic heterocycles. The van der Waals surface area contributed by atoms with Gasteiger partial charge in [-0.25, -0.2) is 4.57 Å². The Kier molecular flexibility index (Phi) is 41.0. The van der Waals surface area contributed by atoms with Gasteiger partial charge in [0.25, 0.3) is 0 Å². The average molecular weight is 844 g/mol. The van der Waals surface area contributed by atoms with Gasteiger partial charge >= 0.3 is 7.82 Å².